The molecule has 0 radical (unpaired) electrons. The molecule has 0 saturated carbocycles. The minimum Gasteiger partial charge on any atom is -0.371 e. The third-order valence-electron chi connectivity index (χ3n) is 4.86. The molecule has 7 nitrogen and oxygen atoms in total. The molecule has 0 unspecified atom stereocenters. The fourth-order valence-electron chi connectivity index (χ4n) is 3.35. The molecule has 1 aliphatic rings. The van der Waals surface area contributed by atoms with E-state index in [4.69, 9.17) is 0 Å². The number of rotatable bonds is 5. The van der Waals surface area contributed by atoms with Crippen molar-refractivity contribution in [2.75, 3.05) is 31.6 Å². The first-order chi connectivity index (χ1) is 12.4. The number of carbonyl (C=O) groups is 1. The summed E-state index contributed by atoms with van der Waals surface area (Å²) in [4.78, 5) is 41.9. The second-order valence-corrected chi connectivity index (χ2v) is 6.91. The second kappa shape index (κ2) is 7.59. The van der Waals surface area contributed by atoms with Crippen LogP contribution < -0.4 is 16.1 Å². The Hall–Kier alpha value is -2.83. The summed E-state index contributed by atoms with van der Waals surface area (Å²) in [6, 6.07) is 10.3. The van der Waals surface area contributed by atoms with Gasteiger partial charge in [0.05, 0.1) is 0 Å². The number of hydrogen-bond donors (Lipinski definition) is 1. The van der Waals surface area contributed by atoms with E-state index in [0.29, 0.717) is 18.0 Å². The summed E-state index contributed by atoms with van der Waals surface area (Å²) in [7, 11) is 1.76. The van der Waals surface area contributed by atoms with Gasteiger partial charge in [0, 0.05) is 44.1 Å². The molecule has 138 valence electrons. The van der Waals surface area contributed by atoms with Crippen LogP contribution in [-0.4, -0.2) is 47.0 Å². The molecule has 26 heavy (non-hydrogen) atoms. The van der Waals surface area contributed by atoms with Gasteiger partial charge in [0.1, 0.15) is 6.54 Å². The first kappa shape index (κ1) is 18.0. The lowest BCUT2D eigenvalue weighted by molar-refractivity contribution is -0.131. The molecule has 1 aromatic heterocycles. The Morgan fingerprint density at radius 2 is 2.00 bits per heavy atom. The van der Waals surface area contributed by atoms with Gasteiger partial charge in [-0.1, -0.05) is 18.2 Å². The van der Waals surface area contributed by atoms with Crippen LogP contribution in [0.5, 0.6) is 0 Å². The van der Waals surface area contributed by atoms with Crippen LogP contribution in [0, 0.1) is 12.8 Å². The highest BCUT2D eigenvalue weighted by Crippen LogP contribution is 2.23. The molecule has 1 aliphatic heterocycles. The van der Waals surface area contributed by atoms with E-state index in [1.165, 1.54) is 16.5 Å². The molecule has 0 aliphatic carbocycles. The van der Waals surface area contributed by atoms with Crippen molar-refractivity contribution >= 4 is 11.6 Å². The predicted molar refractivity (Wildman–Crippen MR) is 100 cm³/mol. The zero-order chi connectivity index (χ0) is 18.7. The number of nitrogens with one attached hydrogen (secondary N) is 1. The summed E-state index contributed by atoms with van der Waals surface area (Å²) in [6.07, 6.45) is 2.46. The molecule has 2 aromatic rings. The van der Waals surface area contributed by atoms with Crippen molar-refractivity contribution < 1.29 is 4.79 Å². The van der Waals surface area contributed by atoms with Crippen LogP contribution in [0.1, 0.15) is 12.0 Å². The van der Waals surface area contributed by atoms with Gasteiger partial charge in [-0.25, -0.2) is 4.79 Å². The maximum Gasteiger partial charge on any atom is 0.328 e. The van der Waals surface area contributed by atoms with Crippen molar-refractivity contribution in [2.45, 2.75) is 19.9 Å². The van der Waals surface area contributed by atoms with Gasteiger partial charge in [-0.15, -0.1) is 0 Å². The molecule has 3 rings (SSSR count). The molecule has 0 spiro atoms. The lowest BCUT2D eigenvalue weighted by Gasteiger charge is -2.23. The SMILES string of the molecule is Cc1cn(CC(=O)N(C)C[C@H]2CCN(c3ccccc3)C2)c(=O)[nH]c1=O. The number of amides is 1. The number of H-pyrrole nitrogens is 1. The largest absolute Gasteiger partial charge is 0.371 e. The van der Waals surface area contributed by atoms with Crippen LogP contribution in [-0.2, 0) is 11.3 Å². The van der Waals surface area contributed by atoms with Gasteiger partial charge in [-0.2, -0.15) is 0 Å². The number of carbonyl (C=O) groups excluding carboxylic acids is 1. The number of nitrogens with zero attached hydrogens (tertiary/aromatic N) is 3. The van der Waals surface area contributed by atoms with Crippen molar-refractivity contribution in [3.63, 3.8) is 0 Å². The van der Waals surface area contributed by atoms with E-state index in [9.17, 15) is 14.4 Å². The number of aromatic amines is 1. The number of para-hydroxylation sites is 1. The lowest BCUT2D eigenvalue weighted by Crippen LogP contribution is -2.39. The van der Waals surface area contributed by atoms with Crippen molar-refractivity contribution in [1.82, 2.24) is 14.5 Å². The molecular formula is C19H24N4O3. The first-order valence-electron chi connectivity index (χ1n) is 8.78. The zero-order valence-electron chi connectivity index (χ0n) is 15.1. The van der Waals surface area contributed by atoms with Crippen LogP contribution in [0.15, 0.2) is 46.1 Å². The van der Waals surface area contributed by atoms with Crippen LogP contribution in [0.2, 0.25) is 0 Å². The van der Waals surface area contributed by atoms with Crippen LogP contribution >= 0.6 is 0 Å². The minimum atomic E-state index is -0.557. The van der Waals surface area contributed by atoms with Gasteiger partial charge in [0.15, 0.2) is 0 Å². The standard InChI is InChI=1S/C19H24N4O3/c1-14-10-23(19(26)20-18(14)25)13-17(24)21(2)11-15-8-9-22(12-15)16-6-4-3-5-7-16/h3-7,10,15H,8-9,11-13H2,1-2H3,(H,20,25,26)/t15-/m1/s1. The Labute approximate surface area is 151 Å². The lowest BCUT2D eigenvalue weighted by atomic mass is 10.1. The van der Waals surface area contributed by atoms with Crippen molar-refractivity contribution in [1.29, 1.82) is 0 Å². The van der Waals surface area contributed by atoms with E-state index in [0.717, 1.165) is 19.5 Å². The van der Waals surface area contributed by atoms with E-state index in [-0.39, 0.29) is 12.5 Å². The maximum absolute atomic E-state index is 12.5. The number of anilines is 1. The van der Waals surface area contributed by atoms with Gasteiger partial charge in [-0.05, 0) is 31.4 Å². The Kier molecular flexibility index (Phi) is 5.25. The summed E-state index contributed by atoms with van der Waals surface area (Å²) in [5, 5.41) is 0. The van der Waals surface area contributed by atoms with E-state index in [1.807, 2.05) is 18.2 Å². The van der Waals surface area contributed by atoms with Gasteiger partial charge in [0.25, 0.3) is 5.56 Å². The molecule has 7 heteroatoms. The highest BCUT2D eigenvalue weighted by molar-refractivity contribution is 5.75. The van der Waals surface area contributed by atoms with Crippen LogP contribution in [0.3, 0.4) is 0 Å². The second-order valence-electron chi connectivity index (χ2n) is 6.91. The van der Waals surface area contributed by atoms with Crippen LogP contribution in [0.25, 0.3) is 0 Å². The van der Waals surface area contributed by atoms with Crippen LogP contribution in [0.4, 0.5) is 5.69 Å². The monoisotopic (exact) mass is 356 g/mol. The number of hydrogen-bond acceptors (Lipinski definition) is 4. The molecule has 1 aromatic carbocycles. The van der Waals surface area contributed by atoms with Gasteiger partial charge < -0.3 is 9.80 Å². The highest BCUT2D eigenvalue weighted by Gasteiger charge is 2.25. The molecule has 1 saturated heterocycles. The van der Waals surface area contributed by atoms with E-state index in [1.54, 1.807) is 18.9 Å². The summed E-state index contributed by atoms with van der Waals surface area (Å²) in [5.74, 6) is 0.259. The number of benzene rings is 1. The smallest absolute Gasteiger partial charge is 0.328 e. The minimum absolute atomic E-state index is 0.0674. The summed E-state index contributed by atoms with van der Waals surface area (Å²) < 4.78 is 1.25. The quantitative estimate of drug-likeness (QED) is 0.861. The first-order valence-corrected chi connectivity index (χ1v) is 8.78. The van der Waals surface area contributed by atoms with Gasteiger partial charge in [0.2, 0.25) is 5.91 Å². The fraction of sp³-hybridized carbons (Fsp3) is 0.421. The number of aryl methyl sites for hydroxylation is 1. The molecule has 1 amide bonds. The van der Waals surface area contributed by atoms with Gasteiger partial charge in [-0.3, -0.25) is 19.1 Å². The molecule has 2 heterocycles. The molecule has 1 fully saturated rings. The molecule has 1 atom stereocenters. The maximum atomic E-state index is 12.5. The normalized spacial score (nSPS) is 16.7. The topological polar surface area (TPSA) is 78.4 Å². The predicted octanol–water partition coefficient (Wildman–Crippen LogP) is 0.830. The van der Waals surface area contributed by atoms with Gasteiger partial charge >= 0.3 is 5.69 Å². The average molecular weight is 356 g/mol. The third-order valence-corrected chi connectivity index (χ3v) is 4.86. The molecule has 0 bridgehead atoms. The Morgan fingerprint density at radius 3 is 2.73 bits per heavy atom. The summed E-state index contributed by atoms with van der Waals surface area (Å²) in [5.41, 5.74) is 0.645. The summed E-state index contributed by atoms with van der Waals surface area (Å²) in [6.45, 7) is 4.09. The van der Waals surface area contributed by atoms with Crippen molar-refractivity contribution in [2.24, 2.45) is 5.92 Å². The summed E-state index contributed by atoms with van der Waals surface area (Å²) >= 11 is 0. The Balaban J connectivity index is 1.58. The zero-order valence-corrected chi connectivity index (χ0v) is 15.1. The molecule has 1 N–H and O–H groups in total. The number of likely N-dealkylation sites (N-methyl/N-ethyl adjacent to an activating group) is 1. The van der Waals surface area contributed by atoms with E-state index in [2.05, 4.69) is 22.0 Å². The Bertz CT molecular complexity index is 888. The van der Waals surface area contributed by atoms with E-state index < -0.39 is 11.2 Å². The van der Waals surface area contributed by atoms with E-state index >= 15 is 0 Å². The third kappa shape index (κ3) is 4.04. The van der Waals surface area contributed by atoms with Crippen molar-refractivity contribution in [3.05, 3.63) is 62.9 Å². The van der Waals surface area contributed by atoms with Crippen molar-refractivity contribution in [3.8, 4) is 0 Å². The highest BCUT2D eigenvalue weighted by atomic mass is 16.2. The fourth-order valence-corrected chi connectivity index (χ4v) is 3.35. The average Bonchev–Trinajstić information content (AvgIpc) is 3.09. The number of aromatic nitrogens is 2. The Morgan fingerprint density at radius 1 is 1.27 bits per heavy atom. The molecular weight excluding hydrogens is 332 g/mol.